The second kappa shape index (κ2) is 7.74. The molecule has 0 spiro atoms. The highest BCUT2D eigenvalue weighted by Crippen LogP contribution is 2.29. The number of nitrogens with one attached hydrogen (secondary N) is 1. The van der Waals surface area contributed by atoms with Crippen LogP contribution >= 0.6 is 0 Å². The van der Waals surface area contributed by atoms with Gasteiger partial charge in [0, 0.05) is 11.1 Å². The number of carbonyl (C=O) groups is 1. The molecule has 2 aromatic carbocycles. The number of hydrogen-bond acceptors (Lipinski definition) is 4. The van der Waals surface area contributed by atoms with Crippen molar-refractivity contribution in [2.75, 3.05) is 0 Å². The Kier molecular flexibility index (Phi) is 5.67. The van der Waals surface area contributed by atoms with Crippen molar-refractivity contribution < 1.29 is 23.0 Å². The molecule has 0 radical (unpaired) electrons. The monoisotopic (exact) mass is 357 g/mol. The second-order valence-electron chi connectivity index (χ2n) is 5.67. The average Bonchev–Trinajstić information content (AvgIpc) is 2.58. The smallest absolute Gasteiger partial charge is 0.338 e. The first kappa shape index (κ1) is 19.1. The summed E-state index contributed by atoms with van der Waals surface area (Å²) in [5.74, 6) is -2.81. The number of benzene rings is 2. The molecule has 2 rings (SSSR count). The molecule has 0 saturated carbocycles. The summed E-state index contributed by atoms with van der Waals surface area (Å²) >= 11 is 0. The predicted octanol–water partition coefficient (Wildman–Crippen LogP) is 5.05. The molecule has 0 aromatic heterocycles. The minimum Gasteiger partial charge on any atom is -0.436 e. The summed E-state index contributed by atoms with van der Waals surface area (Å²) < 4.78 is 38.3. The van der Waals surface area contributed by atoms with Crippen LogP contribution in [0.15, 0.2) is 60.7 Å². The quantitative estimate of drug-likeness (QED) is 0.268. The van der Waals surface area contributed by atoms with E-state index >= 15 is 0 Å². The maximum Gasteiger partial charge on any atom is 0.338 e. The number of carbonyl (C=O) groups excluding carboxylic acids is 1. The van der Waals surface area contributed by atoms with Crippen LogP contribution in [0.2, 0.25) is 0 Å². The van der Waals surface area contributed by atoms with Crippen molar-refractivity contribution in [3.63, 3.8) is 0 Å². The van der Waals surface area contributed by atoms with Crippen molar-refractivity contribution in [1.82, 2.24) is 0 Å². The van der Waals surface area contributed by atoms with E-state index in [2.05, 4.69) is 13.2 Å². The fraction of sp³-hybridized carbons (Fsp3) is 0.100. The van der Waals surface area contributed by atoms with E-state index in [9.17, 15) is 13.6 Å². The first-order valence-corrected chi connectivity index (χ1v) is 7.58. The molecule has 1 N–H and O–H groups in total. The van der Waals surface area contributed by atoms with Crippen LogP contribution in [-0.2, 0) is 4.79 Å². The van der Waals surface area contributed by atoms with E-state index in [0.717, 1.165) is 12.1 Å². The molecule has 0 aliphatic carbocycles. The van der Waals surface area contributed by atoms with Crippen molar-refractivity contribution in [3.05, 3.63) is 72.3 Å². The Balaban J connectivity index is 2.26. The van der Waals surface area contributed by atoms with Crippen LogP contribution in [-0.4, -0.2) is 11.9 Å². The van der Waals surface area contributed by atoms with Crippen LogP contribution in [0.25, 0.3) is 11.1 Å². The normalized spacial score (nSPS) is 10.2. The Morgan fingerprint density at radius 3 is 1.73 bits per heavy atom. The standard InChI is InChI=1S/C20H17F2NO3/c1-11(2)19(23)25-17-7-5-13(9-15(17)21)14-6-8-18(16(22)10-14)26-20(24)12(3)4/h5-10,23H,1,3H2,2,4H3. The summed E-state index contributed by atoms with van der Waals surface area (Å²) in [6, 6.07) is 7.94. The van der Waals surface area contributed by atoms with Gasteiger partial charge in [0.25, 0.3) is 0 Å². The Hall–Kier alpha value is -3.28. The largest absolute Gasteiger partial charge is 0.436 e. The van der Waals surface area contributed by atoms with Crippen molar-refractivity contribution in [3.8, 4) is 22.6 Å². The first-order chi connectivity index (χ1) is 12.2. The van der Waals surface area contributed by atoms with Gasteiger partial charge >= 0.3 is 5.97 Å². The molecule has 4 nitrogen and oxygen atoms in total. The minimum absolute atomic E-state index is 0.130. The van der Waals surface area contributed by atoms with Gasteiger partial charge in [-0.25, -0.2) is 13.6 Å². The molecule has 0 aliphatic rings. The lowest BCUT2D eigenvalue weighted by atomic mass is 10.0. The summed E-state index contributed by atoms with van der Waals surface area (Å²) in [7, 11) is 0. The third-order valence-electron chi connectivity index (χ3n) is 3.35. The van der Waals surface area contributed by atoms with Gasteiger partial charge in [0.15, 0.2) is 23.1 Å². The lowest BCUT2D eigenvalue weighted by molar-refractivity contribution is -0.130. The molecular weight excluding hydrogens is 340 g/mol. The van der Waals surface area contributed by atoms with Crippen molar-refractivity contribution in [1.29, 1.82) is 5.41 Å². The van der Waals surface area contributed by atoms with Gasteiger partial charge in [-0.2, -0.15) is 0 Å². The Labute approximate surface area is 149 Å². The van der Waals surface area contributed by atoms with Gasteiger partial charge in [-0.15, -0.1) is 0 Å². The molecule has 0 atom stereocenters. The van der Waals surface area contributed by atoms with E-state index in [1.54, 1.807) is 6.92 Å². The Bertz CT molecular complexity index is 844. The third-order valence-corrected chi connectivity index (χ3v) is 3.35. The van der Waals surface area contributed by atoms with Crippen molar-refractivity contribution in [2.45, 2.75) is 13.8 Å². The summed E-state index contributed by atoms with van der Waals surface area (Å²) in [5.41, 5.74) is 1.29. The number of esters is 1. The lowest BCUT2D eigenvalue weighted by Gasteiger charge is -2.10. The average molecular weight is 357 g/mol. The van der Waals surface area contributed by atoms with Crippen LogP contribution < -0.4 is 9.47 Å². The number of ether oxygens (including phenoxy) is 2. The molecule has 0 aliphatic heterocycles. The van der Waals surface area contributed by atoms with Crippen molar-refractivity contribution in [2.24, 2.45) is 0 Å². The molecule has 0 amide bonds. The van der Waals surface area contributed by atoms with Gasteiger partial charge in [-0.1, -0.05) is 25.3 Å². The van der Waals surface area contributed by atoms with Crippen LogP contribution in [0.3, 0.4) is 0 Å². The summed E-state index contributed by atoms with van der Waals surface area (Å²) in [6.45, 7) is 9.99. The van der Waals surface area contributed by atoms with Gasteiger partial charge in [0.1, 0.15) is 0 Å². The highest BCUT2D eigenvalue weighted by Gasteiger charge is 2.13. The highest BCUT2D eigenvalue weighted by atomic mass is 19.1. The fourth-order valence-electron chi connectivity index (χ4n) is 1.91. The summed E-state index contributed by atoms with van der Waals surface area (Å²) in [6.07, 6.45) is 0. The SMILES string of the molecule is C=C(C)C(=N)Oc1ccc(-c2ccc(OC(=O)C(=C)C)c(F)c2)cc1F. The van der Waals surface area contributed by atoms with Gasteiger partial charge in [-0.3, -0.25) is 5.41 Å². The lowest BCUT2D eigenvalue weighted by Crippen LogP contribution is -2.09. The van der Waals surface area contributed by atoms with Gasteiger partial charge in [-0.05, 0) is 49.2 Å². The van der Waals surface area contributed by atoms with Gasteiger partial charge in [0.05, 0.1) is 0 Å². The minimum atomic E-state index is -0.762. The summed E-state index contributed by atoms with van der Waals surface area (Å²) in [4.78, 5) is 11.5. The molecule has 6 heteroatoms. The summed E-state index contributed by atoms with van der Waals surface area (Å²) in [5, 5.41) is 7.55. The zero-order valence-corrected chi connectivity index (χ0v) is 14.4. The van der Waals surface area contributed by atoms with Gasteiger partial charge in [0.2, 0.25) is 5.90 Å². The van der Waals surface area contributed by atoms with E-state index in [-0.39, 0.29) is 23.0 Å². The molecule has 26 heavy (non-hydrogen) atoms. The van der Waals surface area contributed by atoms with Gasteiger partial charge < -0.3 is 9.47 Å². The molecule has 134 valence electrons. The van der Waals surface area contributed by atoms with E-state index in [1.165, 1.54) is 31.2 Å². The molecule has 0 saturated heterocycles. The maximum atomic E-state index is 14.2. The molecule has 0 bridgehead atoms. The first-order valence-electron chi connectivity index (χ1n) is 7.58. The molecule has 0 heterocycles. The number of hydrogen-bond donors (Lipinski definition) is 1. The Morgan fingerprint density at radius 2 is 1.35 bits per heavy atom. The predicted molar refractivity (Wildman–Crippen MR) is 95.4 cm³/mol. The van der Waals surface area contributed by atoms with Crippen LogP contribution in [0.1, 0.15) is 13.8 Å². The van der Waals surface area contributed by atoms with E-state index in [1.807, 2.05) is 0 Å². The number of halogens is 2. The van der Waals surface area contributed by atoms with Crippen LogP contribution in [0.5, 0.6) is 11.5 Å². The molecule has 0 unspecified atom stereocenters. The zero-order valence-electron chi connectivity index (χ0n) is 14.4. The number of rotatable bonds is 5. The third kappa shape index (κ3) is 4.42. The zero-order chi connectivity index (χ0) is 19.4. The molecule has 0 fully saturated rings. The fourth-order valence-corrected chi connectivity index (χ4v) is 1.91. The van der Waals surface area contributed by atoms with E-state index in [4.69, 9.17) is 14.9 Å². The van der Waals surface area contributed by atoms with E-state index in [0.29, 0.717) is 16.7 Å². The Morgan fingerprint density at radius 1 is 0.885 bits per heavy atom. The molecule has 2 aromatic rings. The second-order valence-corrected chi connectivity index (χ2v) is 5.67. The van der Waals surface area contributed by atoms with Crippen LogP contribution in [0.4, 0.5) is 8.78 Å². The van der Waals surface area contributed by atoms with E-state index < -0.39 is 17.6 Å². The molecular formula is C20H17F2NO3. The van der Waals surface area contributed by atoms with Crippen LogP contribution in [0, 0.1) is 17.0 Å². The van der Waals surface area contributed by atoms with Crippen molar-refractivity contribution >= 4 is 11.9 Å². The highest BCUT2D eigenvalue weighted by molar-refractivity contribution is 5.91. The maximum absolute atomic E-state index is 14.2. The topological polar surface area (TPSA) is 59.4 Å².